The Bertz CT molecular complexity index is 577. The standard InChI is InChI=1S/C12H15N3O2S/c1-17-10-4-2-3-9(7-10)5-6-15-11(8-16)13-14-12(15)18/h2-4,7,16H,5-6,8H2,1H3,(H,14,18). The summed E-state index contributed by atoms with van der Waals surface area (Å²) < 4.78 is 7.50. The zero-order valence-corrected chi connectivity index (χ0v) is 10.9. The Hall–Kier alpha value is -1.66. The van der Waals surface area contributed by atoms with Gasteiger partial charge in [0.05, 0.1) is 7.11 Å². The fraction of sp³-hybridized carbons (Fsp3) is 0.333. The molecule has 0 saturated carbocycles. The van der Waals surface area contributed by atoms with Crippen molar-refractivity contribution in [1.82, 2.24) is 14.8 Å². The minimum absolute atomic E-state index is 0.120. The van der Waals surface area contributed by atoms with Gasteiger partial charge in [-0.2, -0.15) is 5.10 Å². The van der Waals surface area contributed by atoms with Crippen LogP contribution in [-0.2, 0) is 19.6 Å². The van der Waals surface area contributed by atoms with E-state index in [0.717, 1.165) is 17.7 Å². The zero-order chi connectivity index (χ0) is 13.0. The van der Waals surface area contributed by atoms with Gasteiger partial charge in [-0.25, -0.2) is 0 Å². The smallest absolute Gasteiger partial charge is 0.195 e. The molecule has 0 radical (unpaired) electrons. The number of rotatable bonds is 5. The van der Waals surface area contributed by atoms with Crippen molar-refractivity contribution in [3.8, 4) is 5.75 Å². The van der Waals surface area contributed by atoms with Crippen LogP contribution in [0, 0.1) is 4.77 Å². The summed E-state index contributed by atoms with van der Waals surface area (Å²) in [4.78, 5) is 0. The third kappa shape index (κ3) is 2.77. The van der Waals surface area contributed by atoms with Crippen molar-refractivity contribution in [2.24, 2.45) is 0 Å². The number of methoxy groups -OCH3 is 1. The van der Waals surface area contributed by atoms with Crippen molar-refractivity contribution in [1.29, 1.82) is 0 Å². The van der Waals surface area contributed by atoms with Crippen molar-refractivity contribution in [3.63, 3.8) is 0 Å². The third-order valence-electron chi connectivity index (χ3n) is 2.74. The van der Waals surface area contributed by atoms with Crippen LogP contribution in [0.1, 0.15) is 11.4 Å². The van der Waals surface area contributed by atoms with Gasteiger partial charge in [0.1, 0.15) is 12.4 Å². The fourth-order valence-corrected chi connectivity index (χ4v) is 2.01. The highest BCUT2D eigenvalue weighted by Gasteiger charge is 2.05. The van der Waals surface area contributed by atoms with Crippen molar-refractivity contribution >= 4 is 12.2 Å². The number of aromatic nitrogens is 3. The van der Waals surface area contributed by atoms with E-state index in [4.69, 9.17) is 22.1 Å². The van der Waals surface area contributed by atoms with E-state index < -0.39 is 0 Å². The predicted octanol–water partition coefficient (Wildman–Crippen LogP) is 1.68. The average molecular weight is 265 g/mol. The van der Waals surface area contributed by atoms with Gasteiger partial charge in [0.2, 0.25) is 0 Å². The average Bonchev–Trinajstić information content (AvgIpc) is 2.77. The Labute approximate surface area is 110 Å². The van der Waals surface area contributed by atoms with E-state index >= 15 is 0 Å². The Balaban J connectivity index is 2.11. The summed E-state index contributed by atoms with van der Waals surface area (Å²) in [7, 11) is 1.65. The van der Waals surface area contributed by atoms with Gasteiger partial charge in [0.25, 0.3) is 0 Å². The molecule has 96 valence electrons. The monoisotopic (exact) mass is 265 g/mol. The first-order chi connectivity index (χ1) is 8.74. The Morgan fingerprint density at radius 1 is 1.50 bits per heavy atom. The SMILES string of the molecule is COc1cccc(CCn2c(CO)n[nH]c2=S)c1. The van der Waals surface area contributed by atoms with Gasteiger partial charge in [0.15, 0.2) is 10.6 Å². The van der Waals surface area contributed by atoms with Crippen molar-refractivity contribution in [3.05, 3.63) is 40.4 Å². The van der Waals surface area contributed by atoms with Crippen LogP contribution in [0.25, 0.3) is 0 Å². The number of aromatic amines is 1. The molecule has 0 aliphatic heterocycles. The maximum Gasteiger partial charge on any atom is 0.195 e. The molecule has 0 saturated heterocycles. The molecule has 0 amide bonds. The molecular formula is C12H15N3O2S. The fourth-order valence-electron chi connectivity index (χ4n) is 1.77. The molecule has 0 spiro atoms. The number of benzene rings is 1. The van der Waals surface area contributed by atoms with Gasteiger partial charge in [0, 0.05) is 6.54 Å². The molecule has 0 fully saturated rings. The van der Waals surface area contributed by atoms with Gasteiger partial charge in [-0.1, -0.05) is 12.1 Å². The lowest BCUT2D eigenvalue weighted by molar-refractivity contribution is 0.264. The van der Waals surface area contributed by atoms with Crippen LogP contribution in [0.15, 0.2) is 24.3 Å². The molecule has 6 heteroatoms. The molecule has 5 nitrogen and oxygen atoms in total. The number of H-pyrrole nitrogens is 1. The van der Waals surface area contributed by atoms with Crippen molar-refractivity contribution in [2.45, 2.75) is 19.6 Å². The van der Waals surface area contributed by atoms with Crippen LogP contribution in [0.4, 0.5) is 0 Å². The molecule has 1 aromatic heterocycles. The maximum atomic E-state index is 9.14. The summed E-state index contributed by atoms with van der Waals surface area (Å²) >= 11 is 5.11. The summed E-state index contributed by atoms with van der Waals surface area (Å²) in [5, 5.41) is 15.8. The lowest BCUT2D eigenvalue weighted by Gasteiger charge is -2.06. The lowest BCUT2D eigenvalue weighted by Crippen LogP contribution is -2.06. The van der Waals surface area contributed by atoms with E-state index in [2.05, 4.69) is 10.2 Å². The summed E-state index contributed by atoms with van der Waals surface area (Å²) in [6, 6.07) is 7.88. The molecule has 0 bridgehead atoms. The quantitative estimate of drug-likeness (QED) is 0.807. The molecule has 0 aliphatic carbocycles. The number of aliphatic hydroxyl groups is 1. The lowest BCUT2D eigenvalue weighted by atomic mass is 10.1. The predicted molar refractivity (Wildman–Crippen MR) is 70.0 cm³/mol. The largest absolute Gasteiger partial charge is 0.497 e. The first-order valence-electron chi connectivity index (χ1n) is 5.62. The Morgan fingerprint density at radius 2 is 2.33 bits per heavy atom. The Kier molecular flexibility index (Phi) is 4.11. The number of nitrogens with zero attached hydrogens (tertiary/aromatic N) is 2. The van der Waals surface area contributed by atoms with Crippen LogP contribution >= 0.6 is 12.2 Å². The van der Waals surface area contributed by atoms with E-state index in [-0.39, 0.29) is 6.61 Å². The van der Waals surface area contributed by atoms with E-state index in [0.29, 0.717) is 17.1 Å². The van der Waals surface area contributed by atoms with Crippen LogP contribution in [-0.4, -0.2) is 27.0 Å². The summed E-state index contributed by atoms with van der Waals surface area (Å²) in [6.45, 7) is 0.559. The highest BCUT2D eigenvalue weighted by molar-refractivity contribution is 7.71. The highest BCUT2D eigenvalue weighted by Crippen LogP contribution is 2.13. The van der Waals surface area contributed by atoms with Crippen molar-refractivity contribution in [2.75, 3.05) is 7.11 Å². The van der Waals surface area contributed by atoms with E-state index in [1.165, 1.54) is 0 Å². The number of hydrogen-bond acceptors (Lipinski definition) is 4. The first kappa shape index (κ1) is 12.8. The summed E-state index contributed by atoms with van der Waals surface area (Å²) in [6.07, 6.45) is 0.804. The van der Waals surface area contributed by atoms with Gasteiger partial charge in [-0.3, -0.25) is 5.10 Å². The summed E-state index contributed by atoms with van der Waals surface area (Å²) in [5.74, 6) is 1.40. The molecule has 2 N–H and O–H groups in total. The third-order valence-corrected chi connectivity index (χ3v) is 3.05. The topological polar surface area (TPSA) is 63.1 Å². The van der Waals surface area contributed by atoms with Gasteiger partial charge >= 0.3 is 0 Å². The van der Waals surface area contributed by atoms with Gasteiger partial charge < -0.3 is 14.4 Å². The molecule has 1 heterocycles. The minimum atomic E-state index is -0.120. The molecule has 2 aromatic rings. The first-order valence-corrected chi connectivity index (χ1v) is 6.03. The molecule has 0 atom stereocenters. The second-order valence-corrected chi connectivity index (χ2v) is 4.24. The zero-order valence-electron chi connectivity index (χ0n) is 10.1. The van der Waals surface area contributed by atoms with Gasteiger partial charge in [-0.15, -0.1) is 0 Å². The van der Waals surface area contributed by atoms with Gasteiger partial charge in [-0.05, 0) is 36.3 Å². The molecule has 1 aromatic carbocycles. The Morgan fingerprint density at radius 3 is 3.06 bits per heavy atom. The highest BCUT2D eigenvalue weighted by atomic mass is 32.1. The van der Waals surface area contributed by atoms with E-state index in [1.807, 2.05) is 24.3 Å². The number of aryl methyl sites for hydroxylation is 1. The molecule has 0 aliphatic rings. The number of nitrogens with one attached hydrogen (secondary N) is 1. The summed E-state index contributed by atoms with van der Waals surface area (Å²) in [5.41, 5.74) is 1.15. The van der Waals surface area contributed by atoms with E-state index in [9.17, 15) is 0 Å². The number of ether oxygens (including phenoxy) is 1. The minimum Gasteiger partial charge on any atom is -0.497 e. The molecule has 2 rings (SSSR count). The second kappa shape index (κ2) is 5.79. The molecule has 0 unspecified atom stereocenters. The normalized spacial score (nSPS) is 10.6. The van der Waals surface area contributed by atoms with Crippen molar-refractivity contribution < 1.29 is 9.84 Å². The number of aliphatic hydroxyl groups excluding tert-OH is 1. The molecular weight excluding hydrogens is 250 g/mol. The molecule has 18 heavy (non-hydrogen) atoms. The second-order valence-electron chi connectivity index (χ2n) is 3.86. The van der Waals surface area contributed by atoms with Crippen LogP contribution in [0.2, 0.25) is 0 Å². The van der Waals surface area contributed by atoms with E-state index in [1.54, 1.807) is 11.7 Å². The van der Waals surface area contributed by atoms with Crippen LogP contribution < -0.4 is 4.74 Å². The maximum absolute atomic E-state index is 9.14. The van der Waals surface area contributed by atoms with Crippen LogP contribution in [0.5, 0.6) is 5.75 Å². The number of hydrogen-bond donors (Lipinski definition) is 2. The van der Waals surface area contributed by atoms with Crippen LogP contribution in [0.3, 0.4) is 0 Å².